The number of carbonyl (C=O) groups is 2. The second kappa shape index (κ2) is 52.7. The molecule has 0 spiro atoms. The first-order valence-corrected chi connectivity index (χ1v) is 27.8. The second-order valence-corrected chi connectivity index (χ2v) is 18.9. The van der Waals surface area contributed by atoms with E-state index in [1.165, 1.54) is 180 Å². The number of aliphatic hydroxyl groups is 2. The predicted octanol–water partition coefficient (Wildman–Crippen LogP) is 16.9. The summed E-state index contributed by atoms with van der Waals surface area (Å²) >= 11 is 0. The van der Waals surface area contributed by atoms with Crippen molar-refractivity contribution in [2.75, 3.05) is 13.2 Å². The molecule has 0 saturated carbocycles. The third-order valence-corrected chi connectivity index (χ3v) is 12.6. The van der Waals surface area contributed by atoms with Crippen LogP contribution in [0, 0.1) is 0 Å². The average Bonchev–Trinajstić information content (AvgIpc) is 3.28. The molecular weight excluding hydrogens is 779 g/mol. The van der Waals surface area contributed by atoms with Gasteiger partial charge in [0.05, 0.1) is 25.4 Å². The summed E-state index contributed by atoms with van der Waals surface area (Å²) in [5.41, 5.74) is 0. The zero-order chi connectivity index (χ0) is 45.8. The molecule has 6 heteroatoms. The fourth-order valence-corrected chi connectivity index (χ4v) is 8.33. The van der Waals surface area contributed by atoms with Crippen LogP contribution >= 0.6 is 0 Å². The Kier molecular flexibility index (Phi) is 51.1. The van der Waals surface area contributed by atoms with E-state index in [1.807, 2.05) is 6.08 Å². The van der Waals surface area contributed by atoms with Crippen molar-refractivity contribution in [3.8, 4) is 0 Å². The first kappa shape index (κ1) is 61.1. The van der Waals surface area contributed by atoms with Crippen LogP contribution in [0.3, 0.4) is 0 Å². The molecule has 0 aromatic heterocycles. The number of unbranched alkanes of at least 4 members (excludes halogenated alkanes) is 36. The van der Waals surface area contributed by atoms with Gasteiger partial charge in [0, 0.05) is 12.8 Å². The number of allylic oxidation sites excluding steroid dienone is 5. The molecule has 0 aromatic rings. The Labute approximate surface area is 392 Å². The summed E-state index contributed by atoms with van der Waals surface area (Å²) in [7, 11) is 0. The normalized spacial score (nSPS) is 12.9. The van der Waals surface area contributed by atoms with E-state index in [0.29, 0.717) is 19.4 Å². The zero-order valence-corrected chi connectivity index (χ0v) is 42.1. The van der Waals surface area contributed by atoms with Crippen LogP contribution in [-0.4, -0.2) is 47.4 Å². The van der Waals surface area contributed by atoms with Gasteiger partial charge in [-0.2, -0.15) is 0 Å². The van der Waals surface area contributed by atoms with Crippen LogP contribution in [0.1, 0.15) is 290 Å². The highest BCUT2D eigenvalue weighted by Gasteiger charge is 2.18. The molecule has 0 aliphatic rings. The summed E-state index contributed by atoms with van der Waals surface area (Å²) < 4.78 is 5.44. The van der Waals surface area contributed by atoms with Gasteiger partial charge in [0.2, 0.25) is 5.91 Å². The summed E-state index contributed by atoms with van der Waals surface area (Å²) in [5.74, 6) is -0.133. The van der Waals surface area contributed by atoms with Crippen molar-refractivity contribution in [3.63, 3.8) is 0 Å². The number of ether oxygens (including phenoxy) is 1. The smallest absolute Gasteiger partial charge is 0.305 e. The monoisotopic (exact) mass is 886 g/mol. The van der Waals surface area contributed by atoms with Gasteiger partial charge in [0.25, 0.3) is 0 Å². The number of nitrogens with one attached hydrogen (secondary N) is 1. The lowest BCUT2D eigenvalue weighted by molar-refractivity contribution is -0.143. The highest BCUT2D eigenvalue weighted by molar-refractivity contribution is 5.76. The number of esters is 1. The molecule has 0 heterocycles. The summed E-state index contributed by atoms with van der Waals surface area (Å²) in [5, 5.41) is 23.1. The van der Waals surface area contributed by atoms with Crippen LogP contribution in [0.2, 0.25) is 0 Å². The van der Waals surface area contributed by atoms with Crippen LogP contribution in [0.15, 0.2) is 36.5 Å². The largest absolute Gasteiger partial charge is 0.466 e. The fourth-order valence-electron chi connectivity index (χ4n) is 8.33. The van der Waals surface area contributed by atoms with E-state index in [2.05, 4.69) is 43.5 Å². The lowest BCUT2D eigenvalue weighted by atomic mass is 10.0. The van der Waals surface area contributed by atoms with Gasteiger partial charge in [-0.1, -0.05) is 230 Å². The molecule has 0 saturated heterocycles. The molecule has 0 bridgehead atoms. The van der Waals surface area contributed by atoms with Crippen molar-refractivity contribution < 1.29 is 24.5 Å². The van der Waals surface area contributed by atoms with Crippen LogP contribution in [-0.2, 0) is 14.3 Å². The van der Waals surface area contributed by atoms with Gasteiger partial charge in [-0.15, -0.1) is 0 Å². The highest BCUT2D eigenvalue weighted by atomic mass is 16.5. The Morgan fingerprint density at radius 1 is 0.429 bits per heavy atom. The number of hydrogen-bond acceptors (Lipinski definition) is 5. The Hall–Kier alpha value is -1.92. The quantitative estimate of drug-likeness (QED) is 0.0321. The fraction of sp³-hybridized carbons (Fsp3) is 0.860. The number of rotatable bonds is 51. The maximum Gasteiger partial charge on any atom is 0.305 e. The Morgan fingerprint density at radius 2 is 0.746 bits per heavy atom. The first-order valence-electron chi connectivity index (χ1n) is 27.8. The molecule has 0 rings (SSSR count). The van der Waals surface area contributed by atoms with Gasteiger partial charge >= 0.3 is 5.97 Å². The van der Waals surface area contributed by atoms with Gasteiger partial charge in [-0.25, -0.2) is 0 Å². The summed E-state index contributed by atoms with van der Waals surface area (Å²) in [6.07, 6.45) is 64.4. The topological polar surface area (TPSA) is 95.9 Å². The molecule has 0 radical (unpaired) electrons. The number of hydrogen-bond donors (Lipinski definition) is 3. The molecule has 3 N–H and O–H groups in total. The molecule has 0 aliphatic heterocycles. The third-order valence-electron chi connectivity index (χ3n) is 12.6. The SMILES string of the molecule is CCCCCCCC/C=C\CCCCCCCCCC(=O)OCCCC/C=C\CCCCCCCC(=O)NC(CO)C(O)/C=C/CCCCCCCCCCCCCCCCCC. The zero-order valence-electron chi connectivity index (χ0n) is 42.1. The van der Waals surface area contributed by atoms with Crippen LogP contribution in [0.5, 0.6) is 0 Å². The molecule has 6 nitrogen and oxygen atoms in total. The van der Waals surface area contributed by atoms with E-state index >= 15 is 0 Å². The lowest BCUT2D eigenvalue weighted by Crippen LogP contribution is -2.45. The van der Waals surface area contributed by atoms with E-state index < -0.39 is 12.1 Å². The summed E-state index contributed by atoms with van der Waals surface area (Å²) in [6.45, 7) is 4.83. The molecule has 2 atom stereocenters. The van der Waals surface area contributed by atoms with Gasteiger partial charge in [-0.3, -0.25) is 9.59 Å². The minimum Gasteiger partial charge on any atom is -0.466 e. The predicted molar refractivity (Wildman–Crippen MR) is 273 cm³/mol. The molecule has 1 amide bonds. The van der Waals surface area contributed by atoms with Crippen LogP contribution < -0.4 is 5.32 Å². The van der Waals surface area contributed by atoms with Gasteiger partial charge < -0.3 is 20.3 Å². The lowest BCUT2D eigenvalue weighted by Gasteiger charge is -2.20. The van der Waals surface area contributed by atoms with Crippen molar-refractivity contribution in [2.45, 2.75) is 302 Å². The molecule has 63 heavy (non-hydrogen) atoms. The van der Waals surface area contributed by atoms with E-state index in [4.69, 9.17) is 4.74 Å². The van der Waals surface area contributed by atoms with Crippen molar-refractivity contribution >= 4 is 11.9 Å². The first-order chi connectivity index (χ1) is 31.0. The summed E-state index contributed by atoms with van der Waals surface area (Å²) in [4.78, 5) is 24.5. The molecular formula is C57H107NO5. The average molecular weight is 886 g/mol. The second-order valence-electron chi connectivity index (χ2n) is 18.9. The third kappa shape index (κ3) is 49.4. The van der Waals surface area contributed by atoms with Gasteiger partial charge in [0.1, 0.15) is 0 Å². The van der Waals surface area contributed by atoms with Crippen LogP contribution in [0.4, 0.5) is 0 Å². The molecule has 0 fully saturated rings. The Morgan fingerprint density at radius 3 is 1.13 bits per heavy atom. The number of aliphatic hydroxyl groups excluding tert-OH is 2. The van der Waals surface area contributed by atoms with Crippen molar-refractivity contribution in [1.82, 2.24) is 5.32 Å². The van der Waals surface area contributed by atoms with E-state index in [0.717, 1.165) is 83.5 Å². The standard InChI is InChI=1S/C57H107NO5/c1-3-5-7-9-11-13-15-17-19-21-23-24-26-29-33-37-41-45-49-55(60)54(53-59)58-56(61)50-46-42-38-34-30-28-32-36-40-44-48-52-63-57(62)51-47-43-39-35-31-27-25-22-20-18-16-14-12-10-8-6-4-2/h18,20,32,36,45,49,54-55,59-60H,3-17,19,21-31,33-35,37-44,46-48,50-53H2,1-2H3,(H,58,61)/b20-18-,36-32-,49-45+. The summed E-state index contributed by atoms with van der Waals surface area (Å²) in [6, 6.07) is -0.650. The van der Waals surface area contributed by atoms with Crippen LogP contribution in [0.25, 0.3) is 0 Å². The maximum atomic E-state index is 12.4. The minimum absolute atomic E-state index is 0.0364. The Balaban J connectivity index is 3.54. The number of amides is 1. The maximum absolute atomic E-state index is 12.4. The van der Waals surface area contributed by atoms with E-state index in [1.54, 1.807) is 6.08 Å². The van der Waals surface area contributed by atoms with Crippen molar-refractivity contribution in [1.29, 1.82) is 0 Å². The van der Waals surface area contributed by atoms with E-state index in [9.17, 15) is 19.8 Å². The van der Waals surface area contributed by atoms with E-state index in [-0.39, 0.29) is 18.5 Å². The van der Waals surface area contributed by atoms with Crippen molar-refractivity contribution in [3.05, 3.63) is 36.5 Å². The molecule has 0 aromatic carbocycles. The number of carbonyl (C=O) groups excluding carboxylic acids is 2. The molecule has 2 unspecified atom stereocenters. The van der Waals surface area contributed by atoms with Gasteiger partial charge in [0.15, 0.2) is 0 Å². The highest BCUT2D eigenvalue weighted by Crippen LogP contribution is 2.16. The minimum atomic E-state index is -0.863. The molecule has 0 aliphatic carbocycles. The van der Waals surface area contributed by atoms with Crippen molar-refractivity contribution in [2.24, 2.45) is 0 Å². The Bertz CT molecular complexity index is 1020. The van der Waals surface area contributed by atoms with Gasteiger partial charge in [-0.05, 0) is 83.5 Å². The molecule has 370 valence electrons.